The smallest absolute Gasteiger partial charge is 0.227 e. The van der Waals surface area contributed by atoms with Crippen molar-refractivity contribution in [2.45, 2.75) is 12.8 Å². The summed E-state index contributed by atoms with van der Waals surface area (Å²) >= 11 is 0. The summed E-state index contributed by atoms with van der Waals surface area (Å²) in [6.45, 7) is 1.41. The van der Waals surface area contributed by atoms with Gasteiger partial charge in [-0.15, -0.1) is 0 Å². The highest BCUT2D eigenvalue weighted by molar-refractivity contribution is 5.92. The number of benzene rings is 1. The van der Waals surface area contributed by atoms with E-state index in [9.17, 15) is 9.18 Å². The molecule has 0 unspecified atom stereocenters. The zero-order valence-corrected chi connectivity index (χ0v) is 14.5. The van der Waals surface area contributed by atoms with Crippen LogP contribution >= 0.6 is 0 Å². The molecule has 138 valence electrons. The Kier molecular flexibility index (Phi) is 4.73. The molecule has 0 spiro atoms. The molecule has 8 nitrogen and oxygen atoms in total. The molecule has 1 N–H and O–H groups in total. The first-order valence-electron chi connectivity index (χ1n) is 8.67. The third-order valence-corrected chi connectivity index (χ3v) is 4.57. The van der Waals surface area contributed by atoms with Crippen LogP contribution in [0.15, 0.2) is 49.3 Å². The second-order valence-corrected chi connectivity index (χ2v) is 6.34. The van der Waals surface area contributed by atoms with Gasteiger partial charge < -0.3 is 10.2 Å². The van der Waals surface area contributed by atoms with Crippen molar-refractivity contribution in [1.29, 1.82) is 0 Å². The third kappa shape index (κ3) is 3.91. The second kappa shape index (κ2) is 7.48. The molecule has 1 aliphatic rings. The standard InChI is InChI=1S/C18H18FN7O/c19-14-2-1-3-15(8-14)24-18(27)13-4-6-25(7-5-13)16-9-17(22-11-21-16)26-12-20-10-23-26/h1-3,8-13H,4-7H2,(H,24,27). The first-order chi connectivity index (χ1) is 13.2. The van der Waals surface area contributed by atoms with Gasteiger partial charge in [0.05, 0.1) is 0 Å². The molecule has 0 atom stereocenters. The fourth-order valence-electron chi connectivity index (χ4n) is 3.14. The highest BCUT2D eigenvalue weighted by Crippen LogP contribution is 2.24. The number of nitrogens with zero attached hydrogens (tertiary/aromatic N) is 6. The number of hydrogen-bond donors (Lipinski definition) is 1. The van der Waals surface area contributed by atoms with Crippen LogP contribution < -0.4 is 10.2 Å². The molecule has 1 fully saturated rings. The van der Waals surface area contributed by atoms with Gasteiger partial charge in [-0.25, -0.2) is 24.0 Å². The molecular weight excluding hydrogens is 349 g/mol. The second-order valence-electron chi connectivity index (χ2n) is 6.34. The van der Waals surface area contributed by atoms with E-state index >= 15 is 0 Å². The van der Waals surface area contributed by atoms with E-state index < -0.39 is 0 Å². The normalized spacial score (nSPS) is 14.9. The SMILES string of the molecule is O=C(Nc1cccc(F)c1)C1CCN(c2cc(-n3cncn3)ncn2)CC1. The number of anilines is 2. The Bertz CT molecular complexity index is 923. The Hall–Kier alpha value is -3.36. The Morgan fingerprint density at radius 2 is 1.93 bits per heavy atom. The summed E-state index contributed by atoms with van der Waals surface area (Å²) in [6.07, 6.45) is 5.92. The highest BCUT2D eigenvalue weighted by atomic mass is 19.1. The van der Waals surface area contributed by atoms with Gasteiger partial charge in [-0.3, -0.25) is 4.79 Å². The topological polar surface area (TPSA) is 88.8 Å². The summed E-state index contributed by atoms with van der Waals surface area (Å²) < 4.78 is 14.8. The molecule has 1 aromatic carbocycles. The number of nitrogens with one attached hydrogen (secondary N) is 1. The summed E-state index contributed by atoms with van der Waals surface area (Å²) in [5.41, 5.74) is 0.482. The molecule has 2 aromatic heterocycles. The highest BCUT2D eigenvalue weighted by Gasteiger charge is 2.26. The molecule has 1 saturated heterocycles. The lowest BCUT2D eigenvalue weighted by atomic mass is 9.96. The molecule has 0 aliphatic carbocycles. The van der Waals surface area contributed by atoms with E-state index in [-0.39, 0.29) is 17.6 Å². The van der Waals surface area contributed by atoms with E-state index in [2.05, 4.69) is 30.3 Å². The van der Waals surface area contributed by atoms with Crippen LogP contribution in [-0.4, -0.2) is 43.7 Å². The molecule has 0 radical (unpaired) electrons. The van der Waals surface area contributed by atoms with Gasteiger partial charge in [0.15, 0.2) is 5.82 Å². The number of aromatic nitrogens is 5. The van der Waals surface area contributed by atoms with Crippen LogP contribution in [0.1, 0.15) is 12.8 Å². The summed E-state index contributed by atoms with van der Waals surface area (Å²) in [5.74, 6) is 0.880. The van der Waals surface area contributed by atoms with Crippen molar-refractivity contribution in [2.75, 3.05) is 23.3 Å². The van der Waals surface area contributed by atoms with Gasteiger partial charge in [0.1, 0.15) is 30.6 Å². The molecule has 9 heteroatoms. The number of halogens is 1. The minimum absolute atomic E-state index is 0.0776. The van der Waals surface area contributed by atoms with Gasteiger partial charge in [0.2, 0.25) is 5.91 Å². The molecule has 0 bridgehead atoms. The van der Waals surface area contributed by atoms with Crippen LogP contribution in [-0.2, 0) is 4.79 Å². The van der Waals surface area contributed by atoms with Crippen LogP contribution in [0.2, 0.25) is 0 Å². The van der Waals surface area contributed by atoms with Crippen LogP contribution in [0.3, 0.4) is 0 Å². The van der Waals surface area contributed by atoms with E-state index in [1.54, 1.807) is 23.1 Å². The largest absolute Gasteiger partial charge is 0.356 e. The lowest BCUT2D eigenvalue weighted by molar-refractivity contribution is -0.120. The molecule has 4 rings (SSSR count). The summed E-state index contributed by atoms with van der Waals surface area (Å²) in [5, 5.41) is 6.86. The van der Waals surface area contributed by atoms with Gasteiger partial charge in [0.25, 0.3) is 0 Å². The molecule has 3 aromatic rings. The number of carbonyl (C=O) groups is 1. The zero-order chi connectivity index (χ0) is 18.6. The van der Waals surface area contributed by atoms with Crippen molar-refractivity contribution in [3.05, 3.63) is 55.1 Å². The summed E-state index contributed by atoms with van der Waals surface area (Å²) in [4.78, 5) is 27.0. The van der Waals surface area contributed by atoms with Crippen LogP contribution in [0.25, 0.3) is 5.82 Å². The minimum Gasteiger partial charge on any atom is -0.356 e. The number of amides is 1. The van der Waals surface area contributed by atoms with E-state index in [0.29, 0.717) is 37.4 Å². The fourth-order valence-corrected chi connectivity index (χ4v) is 3.14. The van der Waals surface area contributed by atoms with Crippen LogP contribution in [0.4, 0.5) is 15.9 Å². The fraction of sp³-hybridized carbons (Fsp3) is 0.278. The van der Waals surface area contributed by atoms with E-state index in [1.807, 2.05) is 6.07 Å². The Morgan fingerprint density at radius 1 is 1.11 bits per heavy atom. The predicted octanol–water partition coefficient (Wildman–Crippen LogP) is 2.05. The first kappa shape index (κ1) is 17.1. The van der Waals surface area contributed by atoms with Crippen LogP contribution in [0.5, 0.6) is 0 Å². The monoisotopic (exact) mass is 367 g/mol. The Morgan fingerprint density at radius 3 is 2.67 bits per heavy atom. The summed E-state index contributed by atoms with van der Waals surface area (Å²) in [6, 6.07) is 7.78. The van der Waals surface area contributed by atoms with E-state index in [0.717, 1.165) is 5.82 Å². The van der Waals surface area contributed by atoms with Crippen molar-refractivity contribution in [3.8, 4) is 5.82 Å². The average Bonchev–Trinajstić information content (AvgIpc) is 3.23. The maximum absolute atomic E-state index is 13.3. The number of rotatable bonds is 4. The van der Waals surface area contributed by atoms with Crippen molar-refractivity contribution < 1.29 is 9.18 Å². The quantitative estimate of drug-likeness (QED) is 0.759. The lowest BCUT2D eigenvalue weighted by Gasteiger charge is -2.32. The predicted molar refractivity (Wildman–Crippen MR) is 96.9 cm³/mol. The molecule has 1 amide bonds. The Balaban J connectivity index is 1.37. The van der Waals surface area contributed by atoms with Gasteiger partial charge in [-0.2, -0.15) is 5.10 Å². The first-order valence-corrected chi connectivity index (χ1v) is 8.67. The average molecular weight is 367 g/mol. The van der Waals surface area contributed by atoms with E-state index in [1.165, 1.54) is 24.8 Å². The third-order valence-electron chi connectivity index (χ3n) is 4.57. The maximum atomic E-state index is 13.3. The van der Waals surface area contributed by atoms with Gasteiger partial charge in [-0.05, 0) is 31.0 Å². The maximum Gasteiger partial charge on any atom is 0.227 e. The molecule has 3 heterocycles. The van der Waals surface area contributed by atoms with Gasteiger partial charge in [0, 0.05) is 30.8 Å². The van der Waals surface area contributed by atoms with Gasteiger partial charge in [-0.1, -0.05) is 6.07 Å². The Labute approximate surface area is 155 Å². The van der Waals surface area contributed by atoms with Crippen molar-refractivity contribution in [3.63, 3.8) is 0 Å². The van der Waals surface area contributed by atoms with Gasteiger partial charge >= 0.3 is 0 Å². The molecule has 0 saturated carbocycles. The van der Waals surface area contributed by atoms with Crippen LogP contribution in [0, 0.1) is 11.7 Å². The number of carbonyl (C=O) groups excluding carboxylic acids is 1. The molecular formula is C18H18FN7O. The van der Waals surface area contributed by atoms with Crippen molar-refractivity contribution >= 4 is 17.4 Å². The molecule has 1 aliphatic heterocycles. The van der Waals surface area contributed by atoms with Crippen molar-refractivity contribution in [1.82, 2.24) is 24.7 Å². The zero-order valence-electron chi connectivity index (χ0n) is 14.5. The summed E-state index contributed by atoms with van der Waals surface area (Å²) in [7, 11) is 0. The number of piperidine rings is 1. The van der Waals surface area contributed by atoms with Crippen molar-refractivity contribution in [2.24, 2.45) is 5.92 Å². The molecule has 27 heavy (non-hydrogen) atoms. The minimum atomic E-state index is -0.366. The van der Waals surface area contributed by atoms with E-state index in [4.69, 9.17) is 0 Å². The lowest BCUT2D eigenvalue weighted by Crippen LogP contribution is -2.38. The number of hydrogen-bond acceptors (Lipinski definition) is 6.